The third-order valence-corrected chi connectivity index (χ3v) is 2.97. The van der Waals surface area contributed by atoms with Gasteiger partial charge < -0.3 is 19.9 Å². The smallest absolute Gasteiger partial charge is 0.337 e. The normalized spacial score (nSPS) is 24.6. The number of aliphatic hydroxyl groups is 1. The van der Waals surface area contributed by atoms with E-state index in [9.17, 15) is 9.18 Å². The van der Waals surface area contributed by atoms with Crippen molar-refractivity contribution in [2.45, 2.75) is 64.0 Å². The summed E-state index contributed by atoms with van der Waals surface area (Å²) < 4.78 is 24.2. The lowest BCUT2D eigenvalue weighted by Crippen LogP contribution is -2.45. The van der Waals surface area contributed by atoms with Gasteiger partial charge >= 0.3 is 5.97 Å². The number of ether oxygens (including phenoxy) is 2. The zero-order chi connectivity index (χ0) is 15.2. The molecule has 1 unspecified atom stereocenters. The lowest BCUT2D eigenvalue weighted by molar-refractivity contribution is -0.170. The third kappa shape index (κ3) is 6.15. The van der Waals surface area contributed by atoms with Crippen molar-refractivity contribution in [3.8, 4) is 0 Å². The topological polar surface area (TPSA) is 67.8 Å². The van der Waals surface area contributed by atoms with Gasteiger partial charge in [-0.15, -0.1) is 0 Å². The number of halogens is 1. The van der Waals surface area contributed by atoms with Crippen LogP contribution >= 0.6 is 0 Å². The van der Waals surface area contributed by atoms with Crippen LogP contribution in [0.2, 0.25) is 0 Å². The first-order chi connectivity index (χ1) is 9.33. The van der Waals surface area contributed by atoms with Gasteiger partial charge in [-0.2, -0.15) is 0 Å². The second-order valence-electron chi connectivity index (χ2n) is 6.10. The van der Waals surface area contributed by atoms with E-state index in [0.717, 1.165) is 0 Å². The highest BCUT2D eigenvalue weighted by molar-refractivity contribution is 5.76. The van der Waals surface area contributed by atoms with Gasteiger partial charge in [0.2, 0.25) is 0 Å². The molecule has 0 radical (unpaired) electrons. The van der Waals surface area contributed by atoms with Crippen molar-refractivity contribution in [2.24, 2.45) is 0 Å². The Morgan fingerprint density at radius 1 is 1.45 bits per heavy atom. The maximum Gasteiger partial charge on any atom is 0.337 e. The Morgan fingerprint density at radius 2 is 2.15 bits per heavy atom. The molecule has 0 aromatic rings. The average Bonchev–Trinajstić information content (AvgIpc) is 2.73. The molecule has 0 bridgehead atoms. The molecule has 1 saturated heterocycles. The molecule has 118 valence electrons. The molecule has 0 aromatic carbocycles. The number of unbranched alkanes of at least 4 members (excludes halogenated alkanes) is 1. The van der Waals surface area contributed by atoms with Gasteiger partial charge in [0, 0.05) is 25.8 Å². The first-order valence-electron chi connectivity index (χ1n) is 7.16. The summed E-state index contributed by atoms with van der Waals surface area (Å²) in [5.74, 6) is -0.465. The molecule has 0 saturated carbocycles. The molecule has 1 aliphatic rings. The molecule has 5 nitrogen and oxygen atoms in total. The summed E-state index contributed by atoms with van der Waals surface area (Å²) >= 11 is 0. The number of rotatable bonds is 7. The van der Waals surface area contributed by atoms with Crippen molar-refractivity contribution in [3.05, 3.63) is 0 Å². The fourth-order valence-corrected chi connectivity index (χ4v) is 2.08. The highest BCUT2D eigenvalue weighted by atomic mass is 19.1. The SMILES string of the molecule is CC(C)(C)OC(=O)C(OCCCCO)[C@@H]1C[C@H](F)CN1. The Hall–Kier alpha value is -0.720. The molecule has 0 amide bonds. The van der Waals surface area contributed by atoms with Crippen LogP contribution in [0.25, 0.3) is 0 Å². The molecular weight excluding hydrogens is 265 g/mol. The number of alkyl halides is 1. The van der Waals surface area contributed by atoms with Crippen molar-refractivity contribution in [3.63, 3.8) is 0 Å². The lowest BCUT2D eigenvalue weighted by Gasteiger charge is -2.27. The van der Waals surface area contributed by atoms with Crippen molar-refractivity contribution in [1.29, 1.82) is 0 Å². The molecule has 1 aliphatic heterocycles. The molecule has 2 N–H and O–H groups in total. The van der Waals surface area contributed by atoms with E-state index in [1.165, 1.54) is 0 Å². The van der Waals surface area contributed by atoms with Gasteiger partial charge in [-0.1, -0.05) is 0 Å². The Kier molecular flexibility index (Phi) is 6.85. The molecule has 1 fully saturated rings. The van der Waals surface area contributed by atoms with Gasteiger partial charge in [0.15, 0.2) is 6.10 Å². The standard InChI is InChI=1S/C14H26FNO4/c1-14(2,3)20-13(18)12(19-7-5-4-6-17)11-8-10(15)9-16-11/h10-12,16-17H,4-9H2,1-3H3/t10-,11-,12?/m0/s1. The van der Waals surface area contributed by atoms with Gasteiger partial charge in [0.05, 0.1) is 0 Å². The van der Waals surface area contributed by atoms with E-state index in [2.05, 4.69) is 5.32 Å². The summed E-state index contributed by atoms with van der Waals surface area (Å²) in [7, 11) is 0. The van der Waals surface area contributed by atoms with Crippen LogP contribution in [0.5, 0.6) is 0 Å². The van der Waals surface area contributed by atoms with Crippen LogP contribution in [-0.4, -0.2) is 54.8 Å². The highest BCUT2D eigenvalue weighted by Gasteiger charge is 2.37. The lowest BCUT2D eigenvalue weighted by atomic mass is 10.1. The van der Waals surface area contributed by atoms with E-state index < -0.39 is 23.8 Å². The second-order valence-corrected chi connectivity index (χ2v) is 6.10. The maximum atomic E-state index is 13.3. The van der Waals surface area contributed by atoms with Gasteiger partial charge in [0.25, 0.3) is 0 Å². The van der Waals surface area contributed by atoms with Gasteiger partial charge in [-0.25, -0.2) is 9.18 Å². The highest BCUT2D eigenvalue weighted by Crippen LogP contribution is 2.19. The van der Waals surface area contributed by atoms with Crippen LogP contribution in [0.4, 0.5) is 4.39 Å². The van der Waals surface area contributed by atoms with Gasteiger partial charge in [-0.3, -0.25) is 0 Å². The summed E-state index contributed by atoms with van der Waals surface area (Å²) in [5.41, 5.74) is -0.600. The number of carbonyl (C=O) groups excluding carboxylic acids is 1. The van der Waals surface area contributed by atoms with E-state index in [-0.39, 0.29) is 25.6 Å². The maximum absolute atomic E-state index is 13.3. The zero-order valence-corrected chi connectivity index (χ0v) is 12.5. The fourth-order valence-electron chi connectivity index (χ4n) is 2.08. The predicted molar refractivity (Wildman–Crippen MR) is 73.2 cm³/mol. The molecule has 1 heterocycles. The van der Waals surface area contributed by atoms with Crippen LogP contribution < -0.4 is 5.32 Å². The number of hydrogen-bond donors (Lipinski definition) is 2. The molecule has 0 aliphatic carbocycles. The van der Waals surface area contributed by atoms with Crippen LogP contribution in [-0.2, 0) is 14.3 Å². The molecule has 1 rings (SSSR count). The van der Waals surface area contributed by atoms with Gasteiger partial charge in [-0.05, 0) is 40.0 Å². The largest absolute Gasteiger partial charge is 0.458 e. The summed E-state index contributed by atoms with van der Waals surface area (Å²) in [6, 6.07) is -0.353. The summed E-state index contributed by atoms with van der Waals surface area (Å²) in [6.07, 6.45) is -0.226. The Bertz CT molecular complexity index is 306. The van der Waals surface area contributed by atoms with E-state index in [1.807, 2.05) is 0 Å². The second kappa shape index (κ2) is 7.90. The molecule has 6 heteroatoms. The van der Waals surface area contributed by atoms with E-state index in [0.29, 0.717) is 19.4 Å². The molecular formula is C14H26FNO4. The first-order valence-corrected chi connectivity index (χ1v) is 7.16. The molecule has 20 heavy (non-hydrogen) atoms. The van der Waals surface area contributed by atoms with E-state index >= 15 is 0 Å². The van der Waals surface area contributed by atoms with E-state index in [4.69, 9.17) is 14.6 Å². The minimum absolute atomic E-state index is 0.0920. The van der Waals surface area contributed by atoms with Crippen LogP contribution in [0, 0.1) is 0 Å². The number of hydrogen-bond acceptors (Lipinski definition) is 5. The minimum Gasteiger partial charge on any atom is -0.458 e. The van der Waals surface area contributed by atoms with Crippen molar-refractivity contribution < 1.29 is 23.8 Å². The van der Waals surface area contributed by atoms with Gasteiger partial charge in [0.1, 0.15) is 11.8 Å². The van der Waals surface area contributed by atoms with Crippen molar-refractivity contribution in [2.75, 3.05) is 19.8 Å². The van der Waals surface area contributed by atoms with Crippen LogP contribution in [0.15, 0.2) is 0 Å². The molecule has 0 spiro atoms. The number of nitrogens with one attached hydrogen (secondary N) is 1. The number of carbonyl (C=O) groups is 1. The molecule has 0 aromatic heterocycles. The summed E-state index contributed by atoms with van der Waals surface area (Å²) in [4.78, 5) is 12.2. The quantitative estimate of drug-likeness (QED) is 0.545. The Labute approximate surface area is 119 Å². The third-order valence-electron chi connectivity index (χ3n) is 2.97. The zero-order valence-electron chi connectivity index (χ0n) is 12.5. The van der Waals surface area contributed by atoms with E-state index in [1.54, 1.807) is 20.8 Å². The summed E-state index contributed by atoms with van der Waals surface area (Å²) in [5, 5.41) is 11.7. The van der Waals surface area contributed by atoms with Crippen LogP contribution in [0.3, 0.4) is 0 Å². The molecule has 3 atom stereocenters. The fraction of sp³-hybridized carbons (Fsp3) is 0.929. The minimum atomic E-state index is -0.953. The summed E-state index contributed by atoms with van der Waals surface area (Å²) in [6.45, 7) is 6.04. The van der Waals surface area contributed by atoms with Crippen molar-refractivity contribution >= 4 is 5.97 Å². The average molecular weight is 291 g/mol. The Morgan fingerprint density at radius 3 is 2.65 bits per heavy atom. The predicted octanol–water partition coefficient (Wildman–Crippen LogP) is 1.19. The number of esters is 1. The monoisotopic (exact) mass is 291 g/mol. The van der Waals surface area contributed by atoms with Crippen LogP contribution in [0.1, 0.15) is 40.0 Å². The number of aliphatic hydroxyl groups excluding tert-OH is 1. The Balaban J connectivity index is 2.56. The van der Waals surface area contributed by atoms with Crippen molar-refractivity contribution in [1.82, 2.24) is 5.32 Å². The first kappa shape index (κ1) is 17.3.